The molecule has 27 heavy (non-hydrogen) atoms. The number of rotatable bonds is 4. The number of anilines is 2. The molecule has 0 atom stereocenters. The monoisotopic (exact) mass is 430 g/mol. The van der Waals surface area contributed by atoms with Crippen molar-refractivity contribution in [2.75, 3.05) is 23.4 Å². The molecule has 2 aromatic rings. The zero-order valence-electron chi connectivity index (χ0n) is 15.7. The zero-order valence-corrected chi connectivity index (χ0v) is 17.3. The molecule has 0 aromatic heterocycles. The van der Waals surface area contributed by atoms with Crippen LogP contribution in [0.25, 0.3) is 0 Å². The largest absolute Gasteiger partial charge is 0.490 e. The van der Waals surface area contributed by atoms with Crippen molar-refractivity contribution in [1.82, 2.24) is 0 Å². The van der Waals surface area contributed by atoms with E-state index in [0.717, 1.165) is 10.9 Å². The van der Waals surface area contributed by atoms with E-state index < -0.39 is 5.41 Å². The van der Waals surface area contributed by atoms with Crippen LogP contribution in [0.2, 0.25) is 0 Å². The fourth-order valence-electron chi connectivity index (χ4n) is 3.00. The molecular weight excluding hydrogens is 408 g/mol. The fourth-order valence-corrected chi connectivity index (χ4v) is 3.40. The molecular formula is C21H23BrN2O3. The van der Waals surface area contributed by atoms with Crippen LogP contribution < -0.4 is 15.0 Å². The second kappa shape index (κ2) is 7.72. The lowest BCUT2D eigenvalue weighted by molar-refractivity contribution is -0.127. The molecule has 1 aliphatic heterocycles. The Hall–Kier alpha value is -2.34. The topological polar surface area (TPSA) is 58.6 Å². The summed E-state index contributed by atoms with van der Waals surface area (Å²) in [6.07, 6.45) is 0.829. The predicted molar refractivity (Wildman–Crippen MR) is 110 cm³/mol. The van der Waals surface area contributed by atoms with Gasteiger partial charge in [0.15, 0.2) is 0 Å². The number of fused-ring (bicyclic) bond motifs is 1. The standard InChI is InChI=1S/C21H23BrN2O3/c1-4-10-24-17-12-16(23-19(25)14-6-5-7-15(22)11-14)8-9-18(17)27-13-21(2,3)20(24)26/h5-9,11-12H,4,10,13H2,1-3H3,(H,23,25). The van der Waals surface area contributed by atoms with Gasteiger partial charge in [0.2, 0.25) is 5.91 Å². The molecule has 0 fully saturated rings. The summed E-state index contributed by atoms with van der Waals surface area (Å²) in [7, 11) is 0. The minimum atomic E-state index is -0.603. The molecule has 2 amide bonds. The first-order valence-corrected chi connectivity index (χ1v) is 9.77. The van der Waals surface area contributed by atoms with Crippen molar-refractivity contribution in [2.45, 2.75) is 27.2 Å². The summed E-state index contributed by atoms with van der Waals surface area (Å²) in [6, 6.07) is 12.6. The van der Waals surface area contributed by atoms with Crippen LogP contribution in [0.15, 0.2) is 46.9 Å². The minimum Gasteiger partial charge on any atom is -0.490 e. The van der Waals surface area contributed by atoms with Gasteiger partial charge in [-0.15, -0.1) is 0 Å². The van der Waals surface area contributed by atoms with Crippen LogP contribution in [-0.4, -0.2) is 25.0 Å². The molecule has 142 valence electrons. The van der Waals surface area contributed by atoms with Crippen molar-refractivity contribution < 1.29 is 14.3 Å². The first kappa shape index (κ1) is 19.4. The van der Waals surface area contributed by atoms with Gasteiger partial charge in [0.1, 0.15) is 12.4 Å². The number of amides is 2. The molecule has 0 unspecified atom stereocenters. The van der Waals surface area contributed by atoms with Gasteiger partial charge in [0, 0.05) is 22.3 Å². The lowest BCUT2D eigenvalue weighted by atomic mass is 9.93. The normalized spacial score (nSPS) is 15.6. The van der Waals surface area contributed by atoms with Crippen molar-refractivity contribution >= 4 is 39.1 Å². The van der Waals surface area contributed by atoms with Crippen LogP contribution in [-0.2, 0) is 4.79 Å². The highest BCUT2D eigenvalue weighted by molar-refractivity contribution is 9.10. The number of nitrogens with one attached hydrogen (secondary N) is 1. The Morgan fingerprint density at radius 2 is 2.04 bits per heavy atom. The lowest BCUT2D eigenvalue weighted by Crippen LogP contribution is -2.42. The Labute approximate surface area is 167 Å². The van der Waals surface area contributed by atoms with Crippen LogP contribution >= 0.6 is 15.9 Å². The second-order valence-electron chi connectivity index (χ2n) is 7.28. The minimum absolute atomic E-state index is 0.0265. The molecule has 5 nitrogen and oxygen atoms in total. The molecule has 3 rings (SSSR count). The number of halogens is 1. The fraction of sp³-hybridized carbons (Fsp3) is 0.333. The van der Waals surface area contributed by atoms with E-state index in [2.05, 4.69) is 21.2 Å². The summed E-state index contributed by atoms with van der Waals surface area (Å²) in [4.78, 5) is 27.3. The van der Waals surface area contributed by atoms with Crippen molar-refractivity contribution in [2.24, 2.45) is 5.41 Å². The van der Waals surface area contributed by atoms with Crippen LogP contribution in [0.1, 0.15) is 37.6 Å². The summed E-state index contributed by atoms with van der Waals surface area (Å²) in [5.41, 5.74) is 1.27. The molecule has 0 bridgehead atoms. The van der Waals surface area contributed by atoms with Crippen molar-refractivity contribution in [3.63, 3.8) is 0 Å². The summed E-state index contributed by atoms with van der Waals surface area (Å²) in [6.45, 7) is 6.73. The highest BCUT2D eigenvalue weighted by atomic mass is 79.9. The number of benzene rings is 2. The van der Waals surface area contributed by atoms with Crippen molar-refractivity contribution in [3.8, 4) is 5.75 Å². The molecule has 1 heterocycles. The maximum absolute atomic E-state index is 13.0. The van der Waals surface area contributed by atoms with E-state index in [-0.39, 0.29) is 11.8 Å². The summed E-state index contributed by atoms with van der Waals surface area (Å²) in [5, 5.41) is 2.90. The van der Waals surface area contributed by atoms with Gasteiger partial charge < -0.3 is 15.0 Å². The number of nitrogens with zero attached hydrogens (tertiary/aromatic N) is 1. The second-order valence-corrected chi connectivity index (χ2v) is 8.19. The van der Waals surface area contributed by atoms with E-state index in [9.17, 15) is 9.59 Å². The summed E-state index contributed by atoms with van der Waals surface area (Å²) < 4.78 is 6.73. The van der Waals surface area contributed by atoms with Crippen LogP contribution in [0, 0.1) is 5.41 Å². The number of carbonyl (C=O) groups excluding carboxylic acids is 2. The maximum atomic E-state index is 13.0. The van der Waals surface area contributed by atoms with Gasteiger partial charge in [0.25, 0.3) is 5.91 Å². The van der Waals surface area contributed by atoms with Crippen LogP contribution in [0.4, 0.5) is 11.4 Å². The summed E-state index contributed by atoms with van der Waals surface area (Å²) >= 11 is 3.38. The third-order valence-corrected chi connectivity index (χ3v) is 4.95. The van der Waals surface area contributed by atoms with Gasteiger partial charge >= 0.3 is 0 Å². The molecule has 0 saturated heterocycles. The first-order chi connectivity index (χ1) is 12.8. The molecule has 0 saturated carbocycles. The lowest BCUT2D eigenvalue weighted by Gasteiger charge is -2.27. The predicted octanol–water partition coefficient (Wildman–Crippen LogP) is 4.86. The Kier molecular flexibility index (Phi) is 5.56. The number of carbonyl (C=O) groups is 2. The van der Waals surface area contributed by atoms with E-state index in [0.29, 0.717) is 35.8 Å². The van der Waals surface area contributed by atoms with E-state index in [1.165, 1.54) is 0 Å². The molecule has 0 radical (unpaired) electrons. The average molecular weight is 431 g/mol. The third-order valence-electron chi connectivity index (χ3n) is 4.45. The Morgan fingerprint density at radius 1 is 1.26 bits per heavy atom. The Morgan fingerprint density at radius 3 is 2.74 bits per heavy atom. The summed E-state index contributed by atoms with van der Waals surface area (Å²) in [5.74, 6) is 0.473. The molecule has 6 heteroatoms. The maximum Gasteiger partial charge on any atom is 0.255 e. The highest BCUT2D eigenvalue weighted by Crippen LogP contribution is 2.38. The SMILES string of the molecule is CCCN1C(=O)C(C)(C)COc2ccc(NC(=O)c3cccc(Br)c3)cc21. The zero-order chi connectivity index (χ0) is 19.6. The van der Waals surface area contributed by atoms with Gasteiger partial charge in [-0.3, -0.25) is 9.59 Å². The van der Waals surface area contributed by atoms with E-state index in [4.69, 9.17) is 4.74 Å². The Balaban J connectivity index is 1.92. The molecule has 0 spiro atoms. The van der Waals surface area contributed by atoms with Gasteiger partial charge in [-0.25, -0.2) is 0 Å². The van der Waals surface area contributed by atoms with Gasteiger partial charge in [-0.2, -0.15) is 0 Å². The van der Waals surface area contributed by atoms with E-state index >= 15 is 0 Å². The van der Waals surface area contributed by atoms with Gasteiger partial charge in [0.05, 0.1) is 11.1 Å². The number of ether oxygens (including phenoxy) is 1. The quantitative estimate of drug-likeness (QED) is 0.752. The number of hydrogen-bond acceptors (Lipinski definition) is 3. The Bertz CT molecular complexity index is 879. The third kappa shape index (κ3) is 4.16. The van der Waals surface area contributed by atoms with Crippen molar-refractivity contribution in [1.29, 1.82) is 0 Å². The smallest absolute Gasteiger partial charge is 0.255 e. The van der Waals surface area contributed by atoms with E-state index in [1.54, 1.807) is 29.2 Å². The van der Waals surface area contributed by atoms with Gasteiger partial charge in [-0.1, -0.05) is 28.9 Å². The molecule has 0 aliphatic carbocycles. The molecule has 1 aliphatic rings. The first-order valence-electron chi connectivity index (χ1n) is 8.97. The molecule has 1 N–H and O–H groups in total. The average Bonchev–Trinajstić information content (AvgIpc) is 2.72. The van der Waals surface area contributed by atoms with Crippen LogP contribution in [0.5, 0.6) is 5.75 Å². The van der Waals surface area contributed by atoms with E-state index in [1.807, 2.05) is 39.0 Å². The highest BCUT2D eigenvalue weighted by Gasteiger charge is 2.37. The van der Waals surface area contributed by atoms with Crippen LogP contribution in [0.3, 0.4) is 0 Å². The van der Waals surface area contributed by atoms with Crippen molar-refractivity contribution in [3.05, 3.63) is 52.5 Å². The van der Waals surface area contributed by atoms with Gasteiger partial charge in [-0.05, 0) is 56.7 Å². The number of hydrogen-bond donors (Lipinski definition) is 1. The molecule has 2 aromatic carbocycles.